The number of carbonyl (C=O) groups excluding carboxylic acids is 5. The van der Waals surface area contributed by atoms with Crippen LogP contribution in [0.4, 0.5) is 5.13 Å². The summed E-state index contributed by atoms with van der Waals surface area (Å²) < 4.78 is 0. The largest absolute Gasteiger partial charge is 0.363 e. The van der Waals surface area contributed by atoms with E-state index in [-0.39, 0.29) is 46.9 Å². The molecular weight excluding hydrogens is 568 g/mol. The number of anilines is 1. The standard InChI is InChI=1S/C31H48N6O5S/c1-29(2,3)24(35-28-33-17(15-43-28)13-20(38)36-30(4,5)6)27(42)37-14-18-21(31(18,7)8)22(37)26(41)34-19(23(39)25(32)40)12-16-10-9-11-16/h15-16,18-19,21-22,24H,9-14H2,1-8H3,(H2,32,40)(H,33,35)(H,34,41)(H,36,38)/t18-,19?,21?,22-,24+/m0/s1. The van der Waals surface area contributed by atoms with E-state index in [4.69, 9.17) is 5.73 Å². The lowest BCUT2D eigenvalue weighted by Crippen LogP contribution is -2.58. The summed E-state index contributed by atoms with van der Waals surface area (Å²) in [6.45, 7) is 16.2. The lowest BCUT2D eigenvalue weighted by molar-refractivity contribution is -0.144. The number of nitrogens with one attached hydrogen (secondary N) is 3. The Bertz CT molecular complexity index is 1270. The third-order valence-corrected chi connectivity index (χ3v) is 10.0. The van der Waals surface area contributed by atoms with Gasteiger partial charge in [-0.05, 0) is 55.8 Å². The predicted molar refractivity (Wildman–Crippen MR) is 165 cm³/mol. The summed E-state index contributed by atoms with van der Waals surface area (Å²) in [5.41, 5.74) is 4.92. The number of rotatable bonds is 11. The van der Waals surface area contributed by atoms with E-state index >= 15 is 0 Å². The Kier molecular flexibility index (Phi) is 9.04. The SMILES string of the molecule is CC(C)(C)NC(=O)Cc1csc(N[C@H](C(=O)N2C[C@H]3C([C@H]2C(=O)NC(CC2CCC2)C(=O)C(N)=O)C3(C)C)C(C)(C)C)n1. The number of amides is 4. The quantitative estimate of drug-likeness (QED) is 0.278. The molecule has 2 unspecified atom stereocenters. The molecule has 43 heavy (non-hydrogen) atoms. The number of thiazole rings is 1. The summed E-state index contributed by atoms with van der Waals surface area (Å²) in [5.74, 6) is -2.29. The second-order valence-corrected chi connectivity index (χ2v) is 16.1. The van der Waals surface area contributed by atoms with Gasteiger partial charge in [0.2, 0.25) is 23.5 Å². The number of fused-ring (bicyclic) bond motifs is 1. The van der Waals surface area contributed by atoms with Crippen molar-refractivity contribution in [1.29, 1.82) is 0 Å². The fraction of sp³-hybridized carbons (Fsp3) is 0.742. The van der Waals surface area contributed by atoms with Crippen LogP contribution in [0.15, 0.2) is 5.38 Å². The van der Waals surface area contributed by atoms with E-state index in [1.54, 1.807) is 10.3 Å². The topological polar surface area (TPSA) is 164 Å². The molecule has 5 N–H and O–H groups in total. The van der Waals surface area contributed by atoms with Crippen molar-refractivity contribution in [2.24, 2.45) is 34.3 Å². The van der Waals surface area contributed by atoms with Gasteiger partial charge < -0.3 is 26.6 Å². The number of hydrogen-bond acceptors (Lipinski definition) is 8. The molecule has 4 amide bonds. The number of aromatic nitrogens is 1. The van der Waals surface area contributed by atoms with Crippen LogP contribution in [-0.4, -0.2) is 69.5 Å². The zero-order valence-electron chi connectivity index (χ0n) is 26.7. The van der Waals surface area contributed by atoms with Crippen molar-refractivity contribution in [1.82, 2.24) is 20.5 Å². The lowest BCUT2D eigenvalue weighted by atomic mass is 9.80. The summed E-state index contributed by atoms with van der Waals surface area (Å²) in [6, 6.07) is -2.46. The maximum absolute atomic E-state index is 14.2. The number of carbonyl (C=O) groups is 5. The second-order valence-electron chi connectivity index (χ2n) is 15.3. The molecule has 0 aromatic carbocycles. The first-order valence-corrected chi connectivity index (χ1v) is 16.1. The summed E-state index contributed by atoms with van der Waals surface area (Å²) in [4.78, 5) is 71.2. The van der Waals surface area contributed by atoms with Crippen molar-refractivity contribution in [3.63, 3.8) is 0 Å². The van der Waals surface area contributed by atoms with E-state index in [0.717, 1.165) is 19.3 Å². The third kappa shape index (κ3) is 7.38. The van der Waals surface area contributed by atoms with Crippen molar-refractivity contribution in [3.8, 4) is 0 Å². The Hall–Kier alpha value is -3.02. The van der Waals surface area contributed by atoms with E-state index in [2.05, 4.69) is 34.8 Å². The van der Waals surface area contributed by atoms with Gasteiger partial charge in [-0.3, -0.25) is 24.0 Å². The van der Waals surface area contributed by atoms with Gasteiger partial charge in [0, 0.05) is 17.5 Å². The molecule has 0 radical (unpaired) electrons. The Morgan fingerprint density at radius 2 is 1.77 bits per heavy atom. The van der Waals surface area contributed by atoms with Crippen molar-refractivity contribution in [2.75, 3.05) is 11.9 Å². The highest BCUT2D eigenvalue weighted by molar-refractivity contribution is 7.13. The van der Waals surface area contributed by atoms with E-state index < -0.39 is 41.1 Å². The van der Waals surface area contributed by atoms with Crippen LogP contribution in [0.3, 0.4) is 0 Å². The van der Waals surface area contributed by atoms with Gasteiger partial charge in [-0.15, -0.1) is 11.3 Å². The number of piperidine rings is 1. The molecule has 4 rings (SSSR count). The normalized spacial score (nSPS) is 24.3. The first kappa shape index (κ1) is 32.9. The monoisotopic (exact) mass is 616 g/mol. The van der Waals surface area contributed by atoms with E-state index in [1.165, 1.54) is 11.3 Å². The first-order valence-electron chi connectivity index (χ1n) is 15.3. The first-order chi connectivity index (χ1) is 19.8. The predicted octanol–water partition coefficient (Wildman–Crippen LogP) is 2.64. The second kappa shape index (κ2) is 11.8. The van der Waals surface area contributed by atoms with Crippen LogP contribution >= 0.6 is 11.3 Å². The van der Waals surface area contributed by atoms with E-state index in [9.17, 15) is 24.0 Å². The van der Waals surface area contributed by atoms with Crippen molar-refractivity contribution in [3.05, 3.63) is 11.1 Å². The summed E-state index contributed by atoms with van der Waals surface area (Å²) >= 11 is 1.32. The van der Waals surface area contributed by atoms with Crippen LogP contribution in [0.1, 0.15) is 86.8 Å². The Morgan fingerprint density at radius 1 is 1.12 bits per heavy atom. The maximum atomic E-state index is 14.2. The number of nitrogens with zero attached hydrogens (tertiary/aromatic N) is 2. The van der Waals surface area contributed by atoms with Gasteiger partial charge in [0.25, 0.3) is 5.91 Å². The molecule has 1 aromatic heterocycles. The number of likely N-dealkylation sites (tertiary alicyclic amines) is 1. The summed E-state index contributed by atoms with van der Waals surface area (Å²) in [6.07, 6.45) is 3.46. The fourth-order valence-electron chi connectivity index (χ4n) is 6.55. The van der Waals surface area contributed by atoms with Crippen molar-refractivity contribution >= 4 is 45.9 Å². The highest BCUT2D eigenvalue weighted by Crippen LogP contribution is 2.65. The molecule has 0 bridgehead atoms. The average molecular weight is 617 g/mol. The Balaban J connectivity index is 1.52. The highest BCUT2D eigenvalue weighted by Gasteiger charge is 2.69. The van der Waals surface area contributed by atoms with E-state index in [1.807, 2.05) is 41.5 Å². The number of primary amides is 1. The molecule has 1 aromatic rings. The molecule has 1 aliphatic heterocycles. The summed E-state index contributed by atoms with van der Waals surface area (Å²) in [5, 5.41) is 11.4. The molecule has 12 heteroatoms. The zero-order valence-corrected chi connectivity index (χ0v) is 27.5. The maximum Gasteiger partial charge on any atom is 0.287 e. The number of Topliss-reactive ketones (excluding diaryl/α,β-unsaturated/α-hetero) is 1. The van der Waals surface area contributed by atoms with Gasteiger partial charge in [-0.25, -0.2) is 4.98 Å². The molecule has 2 heterocycles. The van der Waals surface area contributed by atoms with Crippen molar-refractivity contribution < 1.29 is 24.0 Å². The third-order valence-electron chi connectivity index (χ3n) is 9.22. The highest BCUT2D eigenvalue weighted by atomic mass is 32.1. The molecular formula is C31H48N6O5S. The van der Waals surface area contributed by atoms with Gasteiger partial charge in [0.1, 0.15) is 12.1 Å². The van der Waals surface area contributed by atoms with Gasteiger partial charge in [-0.2, -0.15) is 0 Å². The fourth-order valence-corrected chi connectivity index (χ4v) is 7.29. The molecule has 238 valence electrons. The average Bonchev–Trinajstić information content (AvgIpc) is 3.22. The molecule has 2 aliphatic carbocycles. The van der Waals surface area contributed by atoms with E-state index in [0.29, 0.717) is 23.8 Å². The molecule has 3 fully saturated rings. The molecule has 1 saturated heterocycles. The summed E-state index contributed by atoms with van der Waals surface area (Å²) in [7, 11) is 0. The van der Waals surface area contributed by atoms with Crippen LogP contribution in [-0.2, 0) is 30.4 Å². The lowest BCUT2D eigenvalue weighted by Gasteiger charge is -2.38. The van der Waals surface area contributed by atoms with Gasteiger partial charge >= 0.3 is 0 Å². The minimum atomic E-state index is -1.07. The van der Waals surface area contributed by atoms with Gasteiger partial charge in [-0.1, -0.05) is 53.9 Å². The smallest absolute Gasteiger partial charge is 0.287 e. The molecule has 0 spiro atoms. The van der Waals surface area contributed by atoms with Crippen LogP contribution in [0, 0.1) is 28.6 Å². The molecule has 11 nitrogen and oxygen atoms in total. The van der Waals surface area contributed by atoms with Crippen LogP contribution < -0.4 is 21.7 Å². The number of hydrogen-bond donors (Lipinski definition) is 4. The van der Waals surface area contributed by atoms with Crippen molar-refractivity contribution in [2.45, 2.75) is 111 Å². The zero-order chi connectivity index (χ0) is 32.1. The minimum Gasteiger partial charge on any atom is -0.363 e. The molecule has 5 atom stereocenters. The Morgan fingerprint density at radius 3 is 2.30 bits per heavy atom. The number of nitrogens with two attached hydrogens (primary N) is 1. The number of ketones is 1. The van der Waals surface area contributed by atoms with Gasteiger partial charge in [0.15, 0.2) is 5.13 Å². The Labute approximate surface area is 258 Å². The minimum absolute atomic E-state index is 0.0575. The van der Waals surface area contributed by atoms with Crippen LogP contribution in [0.2, 0.25) is 0 Å². The molecule has 3 aliphatic rings. The van der Waals surface area contributed by atoms with Crippen LogP contribution in [0.5, 0.6) is 0 Å². The molecule has 2 saturated carbocycles. The van der Waals surface area contributed by atoms with Crippen LogP contribution in [0.25, 0.3) is 0 Å². The van der Waals surface area contributed by atoms with Gasteiger partial charge in [0.05, 0.1) is 18.2 Å².